The molecule has 0 radical (unpaired) electrons. The summed E-state index contributed by atoms with van der Waals surface area (Å²) in [6.45, 7) is 0. The molecular weight excluding hydrogens is 295 g/mol. The fourth-order valence-electron chi connectivity index (χ4n) is 1.32. The van der Waals surface area contributed by atoms with Gasteiger partial charge in [0.2, 0.25) is 0 Å². The van der Waals surface area contributed by atoms with Crippen LogP contribution in [-0.4, -0.2) is 8.42 Å². The van der Waals surface area contributed by atoms with Crippen molar-refractivity contribution in [2.24, 2.45) is 0 Å². The molecule has 0 saturated carbocycles. The van der Waals surface area contributed by atoms with Crippen molar-refractivity contribution in [3.05, 3.63) is 28.8 Å². The third-order valence-corrected chi connectivity index (χ3v) is 3.72. The SMILES string of the molecule is N#Cc1c(C(F)F)ccc(S(=O)(=O)Cl)c1CCl. The van der Waals surface area contributed by atoms with Gasteiger partial charge in [-0.05, 0) is 6.07 Å². The molecular formula is C9H5Cl2F2NO2S. The van der Waals surface area contributed by atoms with E-state index in [1.165, 1.54) is 6.07 Å². The molecule has 0 aliphatic carbocycles. The molecule has 0 aromatic heterocycles. The van der Waals surface area contributed by atoms with Crippen LogP contribution in [0.1, 0.15) is 23.1 Å². The highest BCUT2D eigenvalue weighted by Crippen LogP contribution is 2.31. The van der Waals surface area contributed by atoms with E-state index in [2.05, 4.69) is 0 Å². The molecule has 0 saturated heterocycles. The Bertz CT molecular complexity index is 581. The van der Waals surface area contributed by atoms with E-state index in [0.29, 0.717) is 0 Å². The van der Waals surface area contributed by atoms with Crippen LogP contribution in [0, 0.1) is 11.3 Å². The van der Waals surface area contributed by atoms with Gasteiger partial charge in [0.05, 0.1) is 16.3 Å². The highest BCUT2D eigenvalue weighted by molar-refractivity contribution is 8.13. The van der Waals surface area contributed by atoms with Crippen LogP contribution in [0.15, 0.2) is 17.0 Å². The first-order chi connectivity index (χ1) is 7.82. The molecule has 0 bridgehead atoms. The standard InChI is InChI=1S/C9H5Cl2F2NO2S/c10-3-6-7(4-14)5(9(12)13)1-2-8(6)17(11,15)16/h1-2,9H,3H2. The van der Waals surface area contributed by atoms with Crippen LogP contribution in [0.2, 0.25) is 0 Å². The lowest BCUT2D eigenvalue weighted by Gasteiger charge is -2.10. The van der Waals surface area contributed by atoms with Gasteiger partial charge >= 0.3 is 0 Å². The van der Waals surface area contributed by atoms with E-state index in [1.54, 1.807) is 0 Å². The lowest BCUT2D eigenvalue weighted by Crippen LogP contribution is -2.03. The average Bonchev–Trinajstić information content (AvgIpc) is 2.25. The van der Waals surface area contributed by atoms with Gasteiger partial charge in [0.1, 0.15) is 6.07 Å². The van der Waals surface area contributed by atoms with Crippen LogP contribution < -0.4 is 0 Å². The van der Waals surface area contributed by atoms with Crippen molar-refractivity contribution in [3.8, 4) is 6.07 Å². The van der Waals surface area contributed by atoms with E-state index < -0.39 is 37.4 Å². The number of hydrogen-bond acceptors (Lipinski definition) is 3. The molecule has 1 aromatic carbocycles. The first-order valence-corrected chi connectivity index (χ1v) is 7.02. The van der Waals surface area contributed by atoms with Gasteiger partial charge < -0.3 is 0 Å². The zero-order chi connectivity index (χ0) is 13.2. The Balaban J connectivity index is 3.68. The van der Waals surface area contributed by atoms with Crippen molar-refractivity contribution >= 4 is 31.3 Å². The van der Waals surface area contributed by atoms with E-state index in [1.807, 2.05) is 0 Å². The summed E-state index contributed by atoms with van der Waals surface area (Å²) in [7, 11) is 0.991. The van der Waals surface area contributed by atoms with Crippen LogP contribution >= 0.6 is 22.3 Å². The third kappa shape index (κ3) is 2.86. The monoisotopic (exact) mass is 299 g/mol. The fraction of sp³-hybridized carbons (Fsp3) is 0.222. The van der Waals surface area contributed by atoms with Crippen molar-refractivity contribution in [2.45, 2.75) is 17.2 Å². The minimum absolute atomic E-state index is 0.207. The van der Waals surface area contributed by atoms with Crippen molar-refractivity contribution in [1.82, 2.24) is 0 Å². The minimum atomic E-state index is -4.13. The van der Waals surface area contributed by atoms with Crippen LogP contribution in [0.5, 0.6) is 0 Å². The summed E-state index contributed by atoms with van der Waals surface area (Å²) < 4.78 is 47.5. The predicted molar refractivity (Wildman–Crippen MR) is 58.7 cm³/mol. The zero-order valence-electron chi connectivity index (χ0n) is 8.12. The second-order valence-corrected chi connectivity index (χ2v) is 5.79. The van der Waals surface area contributed by atoms with E-state index in [-0.39, 0.29) is 5.56 Å². The summed E-state index contributed by atoms with van der Waals surface area (Å²) in [5.41, 5.74) is -1.22. The quantitative estimate of drug-likeness (QED) is 0.636. The number of alkyl halides is 3. The largest absolute Gasteiger partial charge is 0.265 e. The summed E-state index contributed by atoms with van der Waals surface area (Å²) in [4.78, 5) is -0.421. The van der Waals surface area contributed by atoms with Crippen molar-refractivity contribution in [1.29, 1.82) is 5.26 Å². The molecule has 0 atom stereocenters. The molecule has 0 heterocycles. The van der Waals surface area contributed by atoms with Gasteiger partial charge in [-0.15, -0.1) is 11.6 Å². The number of nitrogens with zero attached hydrogens (tertiary/aromatic N) is 1. The summed E-state index contributed by atoms with van der Waals surface area (Å²) in [5, 5.41) is 8.79. The molecule has 17 heavy (non-hydrogen) atoms. The summed E-state index contributed by atoms with van der Waals surface area (Å²) >= 11 is 5.48. The Morgan fingerprint density at radius 2 is 2.00 bits per heavy atom. The molecule has 0 N–H and O–H groups in total. The van der Waals surface area contributed by atoms with E-state index in [9.17, 15) is 17.2 Å². The highest BCUT2D eigenvalue weighted by atomic mass is 35.7. The normalized spacial score (nSPS) is 11.5. The van der Waals surface area contributed by atoms with Gasteiger partial charge in [-0.25, -0.2) is 17.2 Å². The van der Waals surface area contributed by atoms with Crippen molar-refractivity contribution < 1.29 is 17.2 Å². The maximum atomic E-state index is 12.6. The van der Waals surface area contributed by atoms with Crippen molar-refractivity contribution in [3.63, 3.8) is 0 Å². The second kappa shape index (κ2) is 5.17. The molecule has 3 nitrogen and oxygen atoms in total. The Morgan fingerprint density at radius 1 is 1.41 bits per heavy atom. The summed E-state index contributed by atoms with van der Waals surface area (Å²) in [6, 6.07) is 3.30. The fourth-order valence-corrected chi connectivity index (χ4v) is 2.81. The van der Waals surface area contributed by atoms with Crippen LogP contribution in [0.4, 0.5) is 8.78 Å². The average molecular weight is 300 g/mol. The minimum Gasteiger partial charge on any atom is -0.207 e. The maximum absolute atomic E-state index is 12.6. The number of benzene rings is 1. The Labute approximate surface area is 106 Å². The molecule has 0 spiro atoms. The van der Waals surface area contributed by atoms with E-state index >= 15 is 0 Å². The van der Waals surface area contributed by atoms with Crippen LogP contribution in [-0.2, 0) is 14.9 Å². The van der Waals surface area contributed by atoms with E-state index in [4.69, 9.17) is 27.5 Å². The molecule has 92 valence electrons. The lowest BCUT2D eigenvalue weighted by atomic mass is 10.0. The van der Waals surface area contributed by atoms with Crippen LogP contribution in [0.3, 0.4) is 0 Å². The molecule has 0 fully saturated rings. The maximum Gasteiger partial charge on any atom is 0.265 e. The smallest absolute Gasteiger partial charge is 0.207 e. The predicted octanol–water partition coefficient (Wildman–Crippen LogP) is 3.16. The van der Waals surface area contributed by atoms with E-state index in [0.717, 1.165) is 12.1 Å². The number of halogens is 4. The van der Waals surface area contributed by atoms with Gasteiger partial charge in [-0.2, -0.15) is 5.26 Å². The Hall–Kier alpha value is -0.900. The molecule has 0 unspecified atom stereocenters. The Morgan fingerprint density at radius 3 is 2.35 bits per heavy atom. The lowest BCUT2D eigenvalue weighted by molar-refractivity contribution is 0.151. The van der Waals surface area contributed by atoms with Gasteiger partial charge in [0, 0.05) is 21.8 Å². The first-order valence-electron chi connectivity index (χ1n) is 4.17. The highest BCUT2D eigenvalue weighted by Gasteiger charge is 2.23. The van der Waals surface area contributed by atoms with Gasteiger partial charge in [0.25, 0.3) is 15.5 Å². The molecule has 0 amide bonds. The first kappa shape index (κ1) is 14.2. The molecule has 0 aliphatic heterocycles. The van der Waals surface area contributed by atoms with Gasteiger partial charge in [-0.1, -0.05) is 6.07 Å². The molecule has 0 aliphatic rings. The van der Waals surface area contributed by atoms with Gasteiger partial charge in [-0.3, -0.25) is 0 Å². The van der Waals surface area contributed by atoms with Crippen molar-refractivity contribution in [2.75, 3.05) is 0 Å². The number of nitriles is 1. The van der Waals surface area contributed by atoms with Crippen LogP contribution in [0.25, 0.3) is 0 Å². The number of hydrogen-bond donors (Lipinski definition) is 0. The topological polar surface area (TPSA) is 57.9 Å². The molecule has 1 rings (SSSR count). The second-order valence-electron chi connectivity index (χ2n) is 2.99. The zero-order valence-corrected chi connectivity index (χ0v) is 10.5. The van der Waals surface area contributed by atoms with Gasteiger partial charge in [0.15, 0.2) is 0 Å². The molecule has 1 aromatic rings. The third-order valence-electron chi connectivity index (χ3n) is 2.05. The summed E-state index contributed by atoms with van der Waals surface area (Å²) in [5.74, 6) is -0.398. The summed E-state index contributed by atoms with van der Waals surface area (Å²) in [6.07, 6.45) is -2.89. The number of rotatable bonds is 3. The Kier molecular flexibility index (Phi) is 4.31. The molecule has 8 heteroatoms.